The largest absolute Gasteiger partial charge is 0.481 e. The molecular formula is C11H15N5OS. The fourth-order valence-corrected chi connectivity index (χ4v) is 1.85. The number of rotatable bonds is 5. The van der Waals surface area contributed by atoms with E-state index in [4.69, 9.17) is 4.74 Å². The van der Waals surface area contributed by atoms with Crippen LogP contribution in [-0.2, 0) is 0 Å². The molecule has 7 heteroatoms. The topological polar surface area (TPSA) is 72.8 Å². The molecule has 0 saturated heterocycles. The lowest BCUT2D eigenvalue weighted by Gasteiger charge is -2.03. The smallest absolute Gasteiger partial charge is 0.216 e. The molecule has 2 aromatic rings. The molecule has 6 nitrogen and oxygen atoms in total. The Morgan fingerprint density at radius 3 is 2.94 bits per heavy atom. The summed E-state index contributed by atoms with van der Waals surface area (Å²) >= 11 is 1.33. The first-order chi connectivity index (χ1) is 8.69. The summed E-state index contributed by atoms with van der Waals surface area (Å²) in [5.74, 6) is 1.66. The van der Waals surface area contributed by atoms with Crippen molar-refractivity contribution in [3.63, 3.8) is 0 Å². The van der Waals surface area contributed by atoms with Gasteiger partial charge in [0, 0.05) is 24.1 Å². The third-order valence-electron chi connectivity index (χ3n) is 2.17. The summed E-state index contributed by atoms with van der Waals surface area (Å²) in [6.07, 6.45) is 1.44. The number of aromatic nitrogens is 4. The van der Waals surface area contributed by atoms with Crippen LogP contribution < -0.4 is 10.1 Å². The molecular weight excluding hydrogens is 250 g/mol. The molecule has 1 N–H and O–H groups in total. The Morgan fingerprint density at radius 2 is 2.22 bits per heavy atom. The second-order valence-electron chi connectivity index (χ2n) is 4.14. The second kappa shape index (κ2) is 5.72. The number of hydrogen-bond acceptors (Lipinski definition) is 7. The number of ether oxygens (including phenoxy) is 1. The molecule has 18 heavy (non-hydrogen) atoms. The van der Waals surface area contributed by atoms with Gasteiger partial charge in [-0.25, -0.2) is 9.97 Å². The summed E-state index contributed by atoms with van der Waals surface area (Å²) in [4.78, 5) is 12.5. The summed E-state index contributed by atoms with van der Waals surface area (Å²) < 4.78 is 9.31. The Kier molecular flexibility index (Phi) is 4.03. The van der Waals surface area contributed by atoms with Crippen LogP contribution in [0.1, 0.15) is 13.8 Å². The van der Waals surface area contributed by atoms with Crippen molar-refractivity contribution in [2.45, 2.75) is 13.8 Å². The summed E-state index contributed by atoms with van der Waals surface area (Å²) in [5.41, 5.74) is 0.663. The number of nitrogens with zero attached hydrogens (tertiary/aromatic N) is 4. The zero-order valence-corrected chi connectivity index (χ0v) is 11.4. The van der Waals surface area contributed by atoms with Gasteiger partial charge in [-0.3, -0.25) is 0 Å². The van der Waals surface area contributed by atoms with E-state index >= 15 is 0 Å². The molecule has 0 aliphatic heterocycles. The van der Waals surface area contributed by atoms with Crippen molar-refractivity contribution >= 4 is 16.7 Å². The molecule has 0 atom stereocenters. The zero-order valence-electron chi connectivity index (χ0n) is 10.5. The normalized spacial score (nSPS) is 10.7. The zero-order chi connectivity index (χ0) is 13.0. The van der Waals surface area contributed by atoms with Crippen LogP contribution in [0.3, 0.4) is 0 Å². The molecule has 96 valence electrons. The minimum absolute atomic E-state index is 0.506. The van der Waals surface area contributed by atoms with E-state index in [0.29, 0.717) is 23.3 Å². The minimum Gasteiger partial charge on any atom is -0.481 e. The van der Waals surface area contributed by atoms with E-state index in [-0.39, 0.29) is 0 Å². The second-order valence-corrected chi connectivity index (χ2v) is 4.90. The van der Waals surface area contributed by atoms with E-state index in [2.05, 4.69) is 38.5 Å². The molecule has 0 saturated carbocycles. The average Bonchev–Trinajstić information content (AvgIpc) is 2.85. The maximum atomic E-state index is 5.04. The molecule has 0 bridgehead atoms. The van der Waals surface area contributed by atoms with Crippen LogP contribution in [0, 0.1) is 5.92 Å². The van der Waals surface area contributed by atoms with Gasteiger partial charge in [0.2, 0.25) is 11.0 Å². The van der Waals surface area contributed by atoms with E-state index in [1.807, 2.05) is 0 Å². The van der Waals surface area contributed by atoms with E-state index in [1.54, 1.807) is 13.2 Å². The molecule has 0 fully saturated rings. The van der Waals surface area contributed by atoms with Crippen molar-refractivity contribution in [2.75, 3.05) is 19.0 Å². The molecule has 2 heterocycles. The molecule has 0 spiro atoms. The first-order valence-corrected chi connectivity index (χ1v) is 6.40. The Morgan fingerprint density at radius 1 is 1.39 bits per heavy atom. The Balaban J connectivity index is 2.13. The first kappa shape index (κ1) is 12.7. The van der Waals surface area contributed by atoms with Gasteiger partial charge >= 0.3 is 0 Å². The summed E-state index contributed by atoms with van der Waals surface area (Å²) in [6, 6.07) is 1.72. The molecule has 0 amide bonds. The third kappa shape index (κ3) is 3.13. The van der Waals surface area contributed by atoms with E-state index < -0.39 is 0 Å². The van der Waals surface area contributed by atoms with Crippen molar-refractivity contribution in [3.8, 4) is 17.4 Å². The number of methoxy groups -OCH3 is 1. The summed E-state index contributed by atoms with van der Waals surface area (Å²) in [6.45, 7) is 5.16. The summed E-state index contributed by atoms with van der Waals surface area (Å²) in [5, 5.41) is 4.04. The average molecular weight is 265 g/mol. The van der Waals surface area contributed by atoms with Gasteiger partial charge in [0.05, 0.1) is 7.11 Å². The minimum atomic E-state index is 0.506. The maximum absolute atomic E-state index is 5.04. The highest BCUT2D eigenvalue weighted by molar-refractivity contribution is 7.09. The van der Waals surface area contributed by atoms with Crippen LogP contribution in [0.5, 0.6) is 5.88 Å². The number of nitrogens with one attached hydrogen (secondary N) is 1. The van der Waals surface area contributed by atoms with Crippen LogP contribution >= 0.6 is 11.5 Å². The van der Waals surface area contributed by atoms with E-state index in [9.17, 15) is 0 Å². The van der Waals surface area contributed by atoms with Gasteiger partial charge in [-0.1, -0.05) is 13.8 Å². The standard InChI is InChI=1S/C11H15N5OS/c1-7(2)5-12-11-15-10(16-18-11)8-4-9(17-3)14-6-13-8/h4,6-7H,5H2,1-3H3,(H,12,15,16). The fourth-order valence-electron chi connectivity index (χ4n) is 1.26. The highest BCUT2D eigenvalue weighted by atomic mass is 32.1. The van der Waals surface area contributed by atoms with Gasteiger partial charge < -0.3 is 10.1 Å². The lowest BCUT2D eigenvalue weighted by Crippen LogP contribution is -2.07. The SMILES string of the molecule is COc1cc(-c2nsc(NCC(C)C)n2)ncn1. The lowest BCUT2D eigenvalue weighted by molar-refractivity contribution is 0.397. The van der Waals surface area contributed by atoms with Gasteiger partial charge in [-0.05, 0) is 5.92 Å². The highest BCUT2D eigenvalue weighted by Crippen LogP contribution is 2.21. The Hall–Kier alpha value is -1.76. The molecule has 0 unspecified atom stereocenters. The van der Waals surface area contributed by atoms with E-state index in [0.717, 1.165) is 11.7 Å². The van der Waals surface area contributed by atoms with Gasteiger partial charge in [-0.2, -0.15) is 9.36 Å². The molecule has 2 aromatic heterocycles. The van der Waals surface area contributed by atoms with Crippen LogP contribution in [0.15, 0.2) is 12.4 Å². The third-order valence-corrected chi connectivity index (χ3v) is 2.84. The van der Waals surface area contributed by atoms with Gasteiger partial charge in [0.1, 0.15) is 12.0 Å². The van der Waals surface area contributed by atoms with Crippen LogP contribution in [-0.4, -0.2) is 33.0 Å². The van der Waals surface area contributed by atoms with Crippen molar-refractivity contribution in [3.05, 3.63) is 12.4 Å². The van der Waals surface area contributed by atoms with Crippen LogP contribution in [0.4, 0.5) is 5.13 Å². The maximum Gasteiger partial charge on any atom is 0.216 e. The molecule has 0 radical (unpaired) electrons. The highest BCUT2D eigenvalue weighted by Gasteiger charge is 2.09. The molecule has 0 aliphatic carbocycles. The van der Waals surface area contributed by atoms with Gasteiger partial charge in [0.15, 0.2) is 5.82 Å². The van der Waals surface area contributed by atoms with Crippen molar-refractivity contribution in [1.29, 1.82) is 0 Å². The summed E-state index contributed by atoms with van der Waals surface area (Å²) in [7, 11) is 1.57. The predicted octanol–water partition coefficient (Wildman–Crippen LogP) is 2.07. The molecule has 2 rings (SSSR count). The molecule has 0 aliphatic rings. The fraction of sp³-hybridized carbons (Fsp3) is 0.455. The quantitative estimate of drug-likeness (QED) is 0.892. The van der Waals surface area contributed by atoms with Crippen molar-refractivity contribution in [1.82, 2.24) is 19.3 Å². The number of anilines is 1. The first-order valence-electron chi connectivity index (χ1n) is 5.63. The van der Waals surface area contributed by atoms with Crippen LogP contribution in [0.2, 0.25) is 0 Å². The van der Waals surface area contributed by atoms with Gasteiger partial charge in [0.25, 0.3) is 0 Å². The van der Waals surface area contributed by atoms with Crippen molar-refractivity contribution in [2.24, 2.45) is 5.92 Å². The van der Waals surface area contributed by atoms with Crippen LogP contribution in [0.25, 0.3) is 11.5 Å². The molecule has 0 aromatic carbocycles. The van der Waals surface area contributed by atoms with Gasteiger partial charge in [-0.15, -0.1) is 0 Å². The number of hydrogen-bond donors (Lipinski definition) is 1. The Labute approximate surface area is 110 Å². The monoisotopic (exact) mass is 265 g/mol. The Bertz CT molecular complexity index is 514. The van der Waals surface area contributed by atoms with Crippen molar-refractivity contribution < 1.29 is 4.74 Å². The van der Waals surface area contributed by atoms with E-state index in [1.165, 1.54) is 17.9 Å². The predicted molar refractivity (Wildman–Crippen MR) is 70.8 cm³/mol. The lowest BCUT2D eigenvalue weighted by atomic mass is 10.2.